The van der Waals surface area contributed by atoms with Crippen LogP contribution in [0.25, 0.3) is 10.8 Å². The maximum Gasteiger partial charge on any atom is 0.269 e. The van der Waals surface area contributed by atoms with E-state index < -0.39 is 0 Å². The number of rotatable bonds is 5. The molecule has 1 aliphatic heterocycles. The van der Waals surface area contributed by atoms with Gasteiger partial charge in [-0.3, -0.25) is 20.0 Å². The molecule has 1 fully saturated rings. The fourth-order valence-corrected chi connectivity index (χ4v) is 3.76. The smallest absolute Gasteiger partial charge is 0.269 e. The van der Waals surface area contributed by atoms with E-state index in [9.17, 15) is 10.1 Å². The summed E-state index contributed by atoms with van der Waals surface area (Å²) < 4.78 is 0. The summed E-state index contributed by atoms with van der Waals surface area (Å²) >= 11 is 0. The molecule has 29 heavy (non-hydrogen) atoms. The van der Waals surface area contributed by atoms with Crippen LogP contribution in [0.5, 0.6) is 0 Å². The van der Waals surface area contributed by atoms with E-state index >= 15 is 0 Å². The van der Waals surface area contributed by atoms with Crippen LogP contribution < -0.4 is 0 Å². The first-order valence-corrected chi connectivity index (χ1v) is 9.84. The van der Waals surface area contributed by atoms with E-state index in [-0.39, 0.29) is 10.6 Å². The third kappa shape index (κ3) is 4.43. The molecule has 0 atom stereocenters. The van der Waals surface area contributed by atoms with E-state index in [0.29, 0.717) is 0 Å². The van der Waals surface area contributed by atoms with Crippen LogP contribution in [0.4, 0.5) is 5.69 Å². The molecule has 0 bridgehead atoms. The second-order valence-corrected chi connectivity index (χ2v) is 7.36. The quantitative estimate of drug-likeness (QED) is 0.372. The molecule has 0 aromatic heterocycles. The molecule has 1 saturated heterocycles. The SMILES string of the molecule is C/C(=N\N1CCN(Cc2cccc3ccccc23)CC1)c1ccc([N+](=O)[O-])cc1. The van der Waals surface area contributed by atoms with Crippen LogP contribution in [0, 0.1) is 10.1 Å². The number of benzene rings is 3. The largest absolute Gasteiger partial charge is 0.295 e. The summed E-state index contributed by atoms with van der Waals surface area (Å²) in [6.07, 6.45) is 0. The summed E-state index contributed by atoms with van der Waals surface area (Å²) in [5, 5.41) is 20.2. The number of nitrogens with zero attached hydrogens (tertiary/aromatic N) is 4. The van der Waals surface area contributed by atoms with Crippen molar-refractivity contribution in [2.45, 2.75) is 13.5 Å². The Labute approximate surface area is 170 Å². The Kier molecular flexibility index (Phi) is 5.53. The minimum Gasteiger partial charge on any atom is -0.295 e. The highest BCUT2D eigenvalue weighted by Gasteiger charge is 2.17. The van der Waals surface area contributed by atoms with Gasteiger partial charge in [-0.2, -0.15) is 5.10 Å². The van der Waals surface area contributed by atoms with Crippen LogP contribution in [0.15, 0.2) is 71.8 Å². The van der Waals surface area contributed by atoms with Crippen molar-refractivity contribution in [1.82, 2.24) is 9.91 Å². The molecule has 3 aromatic carbocycles. The second kappa shape index (κ2) is 8.41. The Hall–Kier alpha value is -3.25. The van der Waals surface area contributed by atoms with Crippen LogP contribution in [-0.4, -0.2) is 46.7 Å². The van der Waals surface area contributed by atoms with Crippen molar-refractivity contribution in [2.75, 3.05) is 26.2 Å². The minimum atomic E-state index is -0.384. The van der Waals surface area contributed by atoms with Gasteiger partial charge in [0.2, 0.25) is 0 Å². The predicted molar refractivity (Wildman–Crippen MR) is 116 cm³/mol. The molecular weight excluding hydrogens is 364 g/mol. The van der Waals surface area contributed by atoms with Crippen molar-refractivity contribution in [3.8, 4) is 0 Å². The van der Waals surface area contributed by atoms with Gasteiger partial charge < -0.3 is 0 Å². The Bertz CT molecular complexity index is 1030. The maximum absolute atomic E-state index is 10.8. The van der Waals surface area contributed by atoms with Crippen molar-refractivity contribution in [1.29, 1.82) is 0 Å². The molecular formula is C23H24N4O2. The van der Waals surface area contributed by atoms with Crippen molar-refractivity contribution >= 4 is 22.2 Å². The molecule has 0 aliphatic carbocycles. The standard InChI is InChI=1S/C23H24N4O2/c1-18(19-9-11-22(12-10-19)27(28)29)24-26-15-13-25(14-16-26)17-21-7-4-6-20-5-2-3-8-23(20)21/h2-12H,13-17H2,1H3/b24-18+. The number of fused-ring (bicyclic) bond motifs is 1. The topological polar surface area (TPSA) is 62.0 Å². The van der Waals surface area contributed by atoms with E-state index in [1.165, 1.54) is 28.5 Å². The molecule has 0 saturated carbocycles. The highest BCUT2D eigenvalue weighted by Crippen LogP contribution is 2.21. The summed E-state index contributed by atoms with van der Waals surface area (Å²) in [6.45, 7) is 6.55. The molecule has 0 amide bonds. The number of hydrogen-bond donors (Lipinski definition) is 0. The number of nitro groups is 1. The van der Waals surface area contributed by atoms with Crippen LogP contribution in [-0.2, 0) is 6.54 Å². The molecule has 4 rings (SSSR count). The minimum absolute atomic E-state index is 0.101. The van der Waals surface area contributed by atoms with Gasteiger partial charge in [0.25, 0.3) is 5.69 Å². The van der Waals surface area contributed by atoms with Crippen molar-refractivity contribution in [3.63, 3.8) is 0 Å². The van der Waals surface area contributed by atoms with E-state index in [1.54, 1.807) is 12.1 Å². The van der Waals surface area contributed by atoms with Gasteiger partial charge in [0.05, 0.1) is 10.6 Å². The Morgan fingerprint density at radius 3 is 2.38 bits per heavy atom. The lowest BCUT2D eigenvalue weighted by Crippen LogP contribution is -2.43. The lowest BCUT2D eigenvalue weighted by atomic mass is 10.0. The van der Waals surface area contributed by atoms with Gasteiger partial charge in [-0.15, -0.1) is 0 Å². The fraction of sp³-hybridized carbons (Fsp3) is 0.261. The Morgan fingerprint density at radius 1 is 0.966 bits per heavy atom. The van der Waals surface area contributed by atoms with Crippen molar-refractivity contribution in [2.24, 2.45) is 5.10 Å². The predicted octanol–water partition coefficient (Wildman–Crippen LogP) is 4.29. The number of hydrogen-bond acceptors (Lipinski definition) is 5. The summed E-state index contributed by atoms with van der Waals surface area (Å²) in [6, 6.07) is 21.6. The van der Waals surface area contributed by atoms with Gasteiger partial charge in [0.15, 0.2) is 0 Å². The lowest BCUT2D eigenvalue weighted by molar-refractivity contribution is -0.384. The summed E-state index contributed by atoms with van der Waals surface area (Å²) in [5.74, 6) is 0. The van der Waals surface area contributed by atoms with Crippen LogP contribution in [0.2, 0.25) is 0 Å². The molecule has 0 radical (unpaired) electrons. The third-order valence-corrected chi connectivity index (χ3v) is 5.41. The Morgan fingerprint density at radius 2 is 1.66 bits per heavy atom. The molecule has 0 spiro atoms. The number of nitro benzene ring substituents is 1. The Balaban J connectivity index is 1.37. The zero-order valence-electron chi connectivity index (χ0n) is 16.5. The highest BCUT2D eigenvalue weighted by atomic mass is 16.6. The van der Waals surface area contributed by atoms with E-state index in [4.69, 9.17) is 5.10 Å². The summed E-state index contributed by atoms with van der Waals surface area (Å²) in [4.78, 5) is 12.9. The van der Waals surface area contributed by atoms with Gasteiger partial charge in [-0.1, -0.05) is 42.5 Å². The molecule has 0 unspecified atom stereocenters. The molecule has 6 heteroatoms. The van der Waals surface area contributed by atoms with Gasteiger partial charge in [-0.25, -0.2) is 0 Å². The molecule has 1 heterocycles. The first kappa shape index (κ1) is 19.1. The van der Waals surface area contributed by atoms with Gasteiger partial charge in [-0.05, 0) is 41.0 Å². The zero-order valence-corrected chi connectivity index (χ0v) is 16.5. The normalized spacial score (nSPS) is 15.6. The van der Waals surface area contributed by atoms with Crippen molar-refractivity contribution in [3.05, 3.63) is 88.0 Å². The average Bonchev–Trinajstić information content (AvgIpc) is 2.75. The summed E-state index contributed by atoms with van der Waals surface area (Å²) in [7, 11) is 0. The molecule has 6 nitrogen and oxygen atoms in total. The average molecular weight is 388 g/mol. The molecule has 1 aliphatic rings. The first-order chi connectivity index (χ1) is 14.1. The molecule has 3 aromatic rings. The third-order valence-electron chi connectivity index (χ3n) is 5.41. The monoisotopic (exact) mass is 388 g/mol. The van der Waals surface area contributed by atoms with Gasteiger partial charge in [0.1, 0.15) is 0 Å². The summed E-state index contributed by atoms with van der Waals surface area (Å²) in [5.41, 5.74) is 3.25. The number of hydrazone groups is 1. The molecule has 148 valence electrons. The fourth-order valence-electron chi connectivity index (χ4n) is 3.76. The highest BCUT2D eigenvalue weighted by molar-refractivity contribution is 5.98. The van der Waals surface area contributed by atoms with Crippen LogP contribution >= 0.6 is 0 Å². The van der Waals surface area contributed by atoms with E-state index in [1.807, 2.05) is 6.92 Å². The van der Waals surface area contributed by atoms with E-state index in [0.717, 1.165) is 44.0 Å². The number of non-ortho nitro benzene ring substituents is 1. The number of piperazine rings is 1. The first-order valence-electron chi connectivity index (χ1n) is 9.84. The molecule has 0 N–H and O–H groups in total. The maximum atomic E-state index is 10.8. The van der Waals surface area contributed by atoms with E-state index in [2.05, 4.69) is 52.4 Å². The van der Waals surface area contributed by atoms with Crippen LogP contribution in [0.3, 0.4) is 0 Å². The van der Waals surface area contributed by atoms with Gasteiger partial charge >= 0.3 is 0 Å². The second-order valence-electron chi connectivity index (χ2n) is 7.36. The zero-order chi connectivity index (χ0) is 20.2. The van der Waals surface area contributed by atoms with Crippen LogP contribution in [0.1, 0.15) is 18.1 Å². The lowest BCUT2D eigenvalue weighted by Gasteiger charge is -2.33. The van der Waals surface area contributed by atoms with Crippen molar-refractivity contribution < 1.29 is 4.92 Å². The van der Waals surface area contributed by atoms with Gasteiger partial charge in [0, 0.05) is 44.9 Å².